The van der Waals surface area contributed by atoms with Crippen LogP contribution in [0.2, 0.25) is 10.0 Å². The van der Waals surface area contributed by atoms with Crippen LogP contribution in [0.3, 0.4) is 0 Å². The third-order valence-corrected chi connectivity index (χ3v) is 7.50. The van der Waals surface area contributed by atoms with Crippen LogP contribution in [0.25, 0.3) is 16.9 Å². The summed E-state index contributed by atoms with van der Waals surface area (Å²) in [5.41, 5.74) is 2.57. The first kappa shape index (κ1) is 27.7. The normalized spacial score (nSPS) is 14.9. The number of carbonyl (C=O) groups excluding carboxylic acids is 2. The molecule has 1 atom stereocenters. The molecule has 1 N–H and O–H groups in total. The molecular weight excluding hydrogens is 584 g/mol. The highest BCUT2D eigenvalue weighted by atomic mass is 35.5. The Bertz CT molecular complexity index is 1820. The van der Waals surface area contributed by atoms with Crippen LogP contribution in [0.15, 0.2) is 67.1 Å². The van der Waals surface area contributed by atoms with Gasteiger partial charge in [-0.15, -0.1) is 5.10 Å². The van der Waals surface area contributed by atoms with E-state index >= 15 is 0 Å². The first-order chi connectivity index (χ1) is 20.3. The van der Waals surface area contributed by atoms with Crippen LogP contribution < -0.4 is 10.1 Å². The third-order valence-electron chi connectivity index (χ3n) is 7.05. The second kappa shape index (κ2) is 11.4. The molecule has 6 rings (SSSR count). The number of carbonyl (C=O) groups is 2. The minimum Gasteiger partial charge on any atom is -0.496 e. The minimum atomic E-state index is -0.712. The number of hydrogen-bond acceptors (Lipinski definition) is 6. The van der Waals surface area contributed by atoms with E-state index in [1.165, 1.54) is 36.3 Å². The van der Waals surface area contributed by atoms with E-state index in [9.17, 15) is 14.0 Å². The first-order valence-electron chi connectivity index (χ1n) is 13.1. The van der Waals surface area contributed by atoms with Gasteiger partial charge in [0, 0.05) is 35.2 Å². The number of imidazole rings is 1. The molecular formula is C29H24Cl2FN7O3. The molecule has 0 aliphatic carbocycles. The smallest absolute Gasteiger partial charge is 0.258 e. The van der Waals surface area contributed by atoms with Gasteiger partial charge >= 0.3 is 0 Å². The molecule has 1 unspecified atom stereocenters. The fourth-order valence-corrected chi connectivity index (χ4v) is 5.41. The molecule has 13 heteroatoms. The summed E-state index contributed by atoms with van der Waals surface area (Å²) in [6, 6.07) is 11.8. The number of amides is 2. The number of rotatable bonds is 7. The van der Waals surface area contributed by atoms with Crippen LogP contribution in [-0.4, -0.2) is 60.8 Å². The van der Waals surface area contributed by atoms with Crippen LogP contribution in [0.5, 0.6) is 5.75 Å². The summed E-state index contributed by atoms with van der Waals surface area (Å²) in [5.74, 6) is -0.877. The lowest BCUT2D eigenvalue weighted by molar-refractivity contribution is -0.119. The van der Waals surface area contributed by atoms with Gasteiger partial charge < -0.3 is 19.4 Å². The zero-order chi connectivity index (χ0) is 29.4. The number of hydrogen-bond donors (Lipinski definition) is 1. The molecule has 4 heterocycles. The van der Waals surface area contributed by atoms with Crippen molar-refractivity contribution in [1.82, 2.24) is 29.3 Å². The van der Waals surface area contributed by atoms with Crippen molar-refractivity contribution in [3.05, 3.63) is 94.2 Å². The summed E-state index contributed by atoms with van der Waals surface area (Å²) in [6.07, 6.45) is 6.33. The van der Waals surface area contributed by atoms with Crippen molar-refractivity contribution in [3.63, 3.8) is 0 Å². The number of methoxy groups -OCH3 is 1. The second-order valence-corrected chi connectivity index (χ2v) is 10.7. The van der Waals surface area contributed by atoms with E-state index in [1.54, 1.807) is 35.3 Å². The van der Waals surface area contributed by atoms with Crippen molar-refractivity contribution < 1.29 is 18.7 Å². The van der Waals surface area contributed by atoms with Crippen LogP contribution in [0.4, 0.5) is 10.1 Å². The number of benzene rings is 2. The number of halogens is 3. The van der Waals surface area contributed by atoms with Gasteiger partial charge in [0.25, 0.3) is 5.91 Å². The third kappa shape index (κ3) is 5.53. The maximum absolute atomic E-state index is 14.9. The average molecular weight is 608 g/mol. The molecule has 3 aromatic heterocycles. The van der Waals surface area contributed by atoms with Gasteiger partial charge in [-0.05, 0) is 61.4 Å². The maximum atomic E-state index is 14.9. The van der Waals surface area contributed by atoms with E-state index in [-0.39, 0.29) is 22.9 Å². The SMILES string of the molecule is COc1ccc(Cl)cc1C(=O)N1CCCC1C(=O)Nc1ccc(F)c(-c2cn(Cc3cn4cc(Cl)ccc4n3)nn2)c1. The molecule has 0 bridgehead atoms. The number of ether oxygens (including phenoxy) is 1. The predicted octanol–water partition coefficient (Wildman–Crippen LogP) is 5.34. The Kier molecular flexibility index (Phi) is 7.53. The van der Waals surface area contributed by atoms with Crippen molar-refractivity contribution in [1.29, 1.82) is 0 Å². The molecule has 42 heavy (non-hydrogen) atoms. The number of anilines is 1. The van der Waals surface area contributed by atoms with Gasteiger partial charge in [-0.2, -0.15) is 0 Å². The monoisotopic (exact) mass is 607 g/mol. The van der Waals surface area contributed by atoms with Crippen molar-refractivity contribution in [2.75, 3.05) is 19.0 Å². The number of likely N-dealkylation sites (tertiary alicyclic amines) is 1. The Hall–Kier alpha value is -4.48. The molecule has 2 aromatic carbocycles. The Labute approximate surface area is 249 Å². The van der Waals surface area contributed by atoms with Gasteiger partial charge in [-0.25, -0.2) is 14.1 Å². The minimum absolute atomic E-state index is 0.170. The second-order valence-electron chi connectivity index (χ2n) is 9.83. The van der Waals surface area contributed by atoms with E-state index < -0.39 is 11.9 Å². The van der Waals surface area contributed by atoms with E-state index in [4.69, 9.17) is 27.9 Å². The van der Waals surface area contributed by atoms with E-state index in [2.05, 4.69) is 20.6 Å². The quantitative estimate of drug-likeness (QED) is 0.268. The van der Waals surface area contributed by atoms with Gasteiger partial charge in [0.1, 0.15) is 28.9 Å². The molecule has 214 valence electrons. The summed E-state index contributed by atoms with van der Waals surface area (Å²) in [7, 11) is 1.47. The highest BCUT2D eigenvalue weighted by Gasteiger charge is 2.35. The van der Waals surface area contributed by atoms with Gasteiger partial charge in [0.05, 0.1) is 36.1 Å². The van der Waals surface area contributed by atoms with Gasteiger partial charge in [0.15, 0.2) is 0 Å². The maximum Gasteiger partial charge on any atom is 0.258 e. The van der Waals surface area contributed by atoms with E-state index in [1.807, 2.05) is 16.7 Å². The van der Waals surface area contributed by atoms with Gasteiger partial charge in [0.2, 0.25) is 5.91 Å². The molecule has 0 saturated carbocycles. The van der Waals surface area contributed by atoms with Crippen LogP contribution in [0, 0.1) is 5.82 Å². The number of fused-ring (bicyclic) bond motifs is 1. The van der Waals surface area contributed by atoms with Crippen LogP contribution in [0.1, 0.15) is 28.9 Å². The van der Waals surface area contributed by atoms with Crippen molar-refractivity contribution in [2.45, 2.75) is 25.4 Å². The standard InChI is InChI=1S/C29H24Cl2FN7O3/c1-42-26-8-4-17(30)11-22(26)29(41)39-10-2-3-25(39)28(40)34-19-6-7-23(32)21(12-19)24-16-38(36-35-24)15-20-14-37-13-18(31)5-9-27(37)33-20/h4-9,11-14,16,25H,2-3,10,15H2,1H3,(H,34,40). The Morgan fingerprint density at radius 3 is 2.74 bits per heavy atom. The van der Waals surface area contributed by atoms with Crippen LogP contribution in [-0.2, 0) is 11.3 Å². The highest BCUT2D eigenvalue weighted by molar-refractivity contribution is 6.31. The number of nitrogens with one attached hydrogen (secondary N) is 1. The lowest BCUT2D eigenvalue weighted by atomic mass is 10.1. The molecule has 5 aromatic rings. The lowest BCUT2D eigenvalue weighted by Gasteiger charge is -2.25. The van der Waals surface area contributed by atoms with Gasteiger partial charge in [-0.1, -0.05) is 28.4 Å². The molecule has 0 spiro atoms. The Balaban J connectivity index is 1.18. The van der Waals surface area contributed by atoms with E-state index in [0.29, 0.717) is 53.1 Å². The van der Waals surface area contributed by atoms with Gasteiger partial charge in [-0.3, -0.25) is 9.59 Å². The topological polar surface area (TPSA) is 107 Å². The molecule has 1 saturated heterocycles. The number of pyridine rings is 1. The summed E-state index contributed by atoms with van der Waals surface area (Å²) in [4.78, 5) is 32.7. The Morgan fingerprint density at radius 2 is 1.90 bits per heavy atom. The average Bonchev–Trinajstić information content (AvgIpc) is 3.73. The van der Waals surface area contributed by atoms with Crippen molar-refractivity contribution in [3.8, 4) is 17.0 Å². The number of nitrogens with zero attached hydrogens (tertiary/aromatic N) is 6. The first-order valence-corrected chi connectivity index (χ1v) is 13.8. The lowest BCUT2D eigenvalue weighted by Crippen LogP contribution is -2.43. The highest BCUT2D eigenvalue weighted by Crippen LogP contribution is 2.29. The summed E-state index contributed by atoms with van der Waals surface area (Å²) < 4.78 is 23.6. The molecule has 2 amide bonds. The zero-order valence-electron chi connectivity index (χ0n) is 22.3. The molecule has 10 nitrogen and oxygen atoms in total. The molecule has 1 aliphatic rings. The fraction of sp³-hybridized carbons (Fsp3) is 0.207. The molecule has 0 radical (unpaired) electrons. The summed E-state index contributed by atoms with van der Waals surface area (Å²) in [5, 5.41) is 12.1. The molecule has 1 aliphatic heterocycles. The van der Waals surface area contributed by atoms with Crippen LogP contribution >= 0.6 is 23.2 Å². The molecule has 1 fully saturated rings. The Morgan fingerprint density at radius 1 is 1.07 bits per heavy atom. The summed E-state index contributed by atoms with van der Waals surface area (Å²) >= 11 is 12.2. The fourth-order valence-electron chi connectivity index (χ4n) is 5.07. The largest absolute Gasteiger partial charge is 0.496 e. The predicted molar refractivity (Wildman–Crippen MR) is 155 cm³/mol. The van der Waals surface area contributed by atoms with Crippen molar-refractivity contribution >= 4 is 46.4 Å². The summed E-state index contributed by atoms with van der Waals surface area (Å²) in [6.45, 7) is 0.719. The number of aromatic nitrogens is 5. The zero-order valence-corrected chi connectivity index (χ0v) is 23.8. The van der Waals surface area contributed by atoms with E-state index in [0.717, 1.165) is 11.3 Å². The van der Waals surface area contributed by atoms with Crippen molar-refractivity contribution in [2.24, 2.45) is 0 Å².